The molecule has 4 nitrogen and oxygen atoms in total. The second kappa shape index (κ2) is 4.49. The Hall–Kier alpha value is -1.52. The fourth-order valence-corrected chi connectivity index (χ4v) is 4.36. The van der Waals surface area contributed by atoms with Crippen LogP contribution in [0, 0.1) is 0 Å². The van der Waals surface area contributed by atoms with Crippen LogP contribution < -0.4 is 9.47 Å². The third kappa shape index (κ3) is 1.83. The van der Waals surface area contributed by atoms with Crippen LogP contribution in [0.1, 0.15) is 24.0 Å². The smallest absolute Gasteiger partial charge is 0.166 e. The zero-order valence-corrected chi connectivity index (χ0v) is 13.5. The van der Waals surface area contributed by atoms with E-state index in [-0.39, 0.29) is 11.5 Å². The first-order valence-electron chi connectivity index (χ1n) is 8.02. The lowest BCUT2D eigenvalue weighted by molar-refractivity contribution is -0.903. The van der Waals surface area contributed by atoms with Gasteiger partial charge in [0.2, 0.25) is 0 Å². The zero-order chi connectivity index (χ0) is 15.5. The molecule has 0 aromatic heterocycles. The van der Waals surface area contributed by atoms with Crippen molar-refractivity contribution < 1.29 is 19.1 Å². The van der Waals surface area contributed by atoms with Crippen LogP contribution in [0.5, 0.6) is 11.5 Å². The summed E-state index contributed by atoms with van der Waals surface area (Å²) in [4.78, 5) is 0. The minimum Gasteiger partial charge on any atom is -0.493 e. The SMILES string of the molecule is COc1ccc2c3c1O[C@H]1C[C@@H](O)C=CC31CC[N+](C)(C)C2. The van der Waals surface area contributed by atoms with Crippen LogP contribution in [-0.4, -0.2) is 49.5 Å². The van der Waals surface area contributed by atoms with Crippen molar-refractivity contribution in [2.24, 2.45) is 0 Å². The van der Waals surface area contributed by atoms with Crippen molar-refractivity contribution >= 4 is 0 Å². The van der Waals surface area contributed by atoms with Gasteiger partial charge in [-0.25, -0.2) is 0 Å². The van der Waals surface area contributed by atoms with Gasteiger partial charge in [-0.3, -0.25) is 0 Å². The lowest BCUT2D eigenvalue weighted by Gasteiger charge is -2.36. The Bertz CT molecular complexity index is 652. The quantitative estimate of drug-likeness (QED) is 0.637. The van der Waals surface area contributed by atoms with E-state index in [1.165, 1.54) is 11.1 Å². The molecule has 22 heavy (non-hydrogen) atoms. The maximum absolute atomic E-state index is 10.0. The molecule has 1 aromatic carbocycles. The largest absolute Gasteiger partial charge is 0.493 e. The summed E-state index contributed by atoms with van der Waals surface area (Å²) in [7, 11) is 6.26. The Morgan fingerprint density at radius 3 is 2.95 bits per heavy atom. The number of benzene rings is 1. The molecule has 118 valence electrons. The standard InChI is InChI=1S/C18H24NO3/c1-19(2)9-8-18-7-6-13(20)10-15(18)22-17-14(21-3)5-4-12(11-19)16(17)18/h4-7,13,15,20H,8-11H2,1-3H3/q+1/t13-,15-,18?/m0/s1. The fourth-order valence-electron chi connectivity index (χ4n) is 4.36. The Labute approximate surface area is 131 Å². The van der Waals surface area contributed by atoms with E-state index in [0.29, 0.717) is 6.42 Å². The molecule has 3 aliphatic rings. The minimum atomic E-state index is -0.412. The second-order valence-electron chi connectivity index (χ2n) is 7.51. The number of hydrogen-bond acceptors (Lipinski definition) is 3. The van der Waals surface area contributed by atoms with E-state index >= 15 is 0 Å². The summed E-state index contributed by atoms with van der Waals surface area (Å²) in [5.74, 6) is 1.70. The molecule has 0 bridgehead atoms. The molecule has 1 aliphatic carbocycles. The van der Waals surface area contributed by atoms with Gasteiger partial charge in [0.15, 0.2) is 11.5 Å². The topological polar surface area (TPSA) is 38.7 Å². The summed E-state index contributed by atoms with van der Waals surface area (Å²) in [5.41, 5.74) is 2.54. The number of aliphatic hydroxyl groups excluding tert-OH is 1. The first-order chi connectivity index (χ1) is 10.5. The van der Waals surface area contributed by atoms with Crippen molar-refractivity contribution in [3.05, 3.63) is 35.4 Å². The Morgan fingerprint density at radius 1 is 1.36 bits per heavy atom. The van der Waals surface area contributed by atoms with E-state index in [9.17, 15) is 5.11 Å². The molecule has 2 heterocycles. The highest BCUT2D eigenvalue weighted by molar-refractivity contribution is 5.60. The predicted molar refractivity (Wildman–Crippen MR) is 84.1 cm³/mol. The van der Waals surface area contributed by atoms with Crippen molar-refractivity contribution in [2.45, 2.75) is 37.0 Å². The lowest BCUT2D eigenvalue weighted by atomic mass is 9.69. The van der Waals surface area contributed by atoms with E-state index < -0.39 is 6.10 Å². The number of nitrogens with zero attached hydrogens (tertiary/aromatic N) is 1. The molecule has 2 aliphatic heterocycles. The molecule has 0 amide bonds. The normalized spacial score (nSPS) is 34.4. The van der Waals surface area contributed by atoms with Crippen LogP contribution in [0.3, 0.4) is 0 Å². The van der Waals surface area contributed by atoms with Gasteiger partial charge in [-0.2, -0.15) is 0 Å². The minimum absolute atomic E-state index is 0.00986. The number of methoxy groups -OCH3 is 1. The Morgan fingerprint density at radius 2 is 2.18 bits per heavy atom. The van der Waals surface area contributed by atoms with Crippen molar-refractivity contribution in [3.63, 3.8) is 0 Å². The highest BCUT2D eigenvalue weighted by atomic mass is 16.5. The van der Waals surface area contributed by atoms with E-state index in [2.05, 4.69) is 26.2 Å². The zero-order valence-electron chi connectivity index (χ0n) is 13.5. The van der Waals surface area contributed by atoms with Gasteiger partial charge in [-0.15, -0.1) is 0 Å². The maximum atomic E-state index is 10.0. The number of aliphatic hydroxyl groups is 1. The number of rotatable bonds is 1. The Kier molecular flexibility index (Phi) is 2.88. The van der Waals surface area contributed by atoms with Crippen molar-refractivity contribution in [3.8, 4) is 11.5 Å². The molecule has 1 unspecified atom stereocenters. The van der Waals surface area contributed by atoms with E-state index in [1.807, 2.05) is 12.1 Å². The number of hydrogen-bond donors (Lipinski definition) is 1. The van der Waals surface area contributed by atoms with Crippen LogP contribution in [0.4, 0.5) is 0 Å². The molecule has 1 spiro atoms. The van der Waals surface area contributed by atoms with Crippen LogP contribution in [0.25, 0.3) is 0 Å². The predicted octanol–water partition coefficient (Wildman–Crippen LogP) is 1.99. The maximum Gasteiger partial charge on any atom is 0.166 e. The highest BCUT2D eigenvalue weighted by Crippen LogP contribution is 2.56. The van der Waals surface area contributed by atoms with Crippen LogP contribution in [0.2, 0.25) is 0 Å². The molecule has 4 rings (SSSR count). The van der Waals surface area contributed by atoms with Gasteiger partial charge in [0.1, 0.15) is 12.6 Å². The number of ether oxygens (including phenoxy) is 2. The molecule has 4 heteroatoms. The summed E-state index contributed by atoms with van der Waals surface area (Å²) in [6.45, 7) is 2.09. The summed E-state index contributed by atoms with van der Waals surface area (Å²) in [6.07, 6.45) is 5.44. The van der Waals surface area contributed by atoms with E-state index in [4.69, 9.17) is 9.47 Å². The molecule has 0 saturated heterocycles. The fraction of sp³-hybridized carbons (Fsp3) is 0.556. The Balaban J connectivity index is 1.96. The highest BCUT2D eigenvalue weighted by Gasteiger charge is 2.54. The first-order valence-corrected chi connectivity index (χ1v) is 8.02. The van der Waals surface area contributed by atoms with E-state index in [0.717, 1.165) is 35.5 Å². The summed E-state index contributed by atoms with van der Waals surface area (Å²) in [5, 5.41) is 10.0. The first kappa shape index (κ1) is 14.1. The summed E-state index contributed by atoms with van der Waals surface area (Å²) >= 11 is 0. The molecule has 1 N–H and O–H groups in total. The van der Waals surface area contributed by atoms with Gasteiger partial charge in [-0.05, 0) is 12.1 Å². The van der Waals surface area contributed by atoms with Crippen molar-refractivity contribution in [1.82, 2.24) is 0 Å². The molecule has 0 saturated carbocycles. The number of quaternary nitrogens is 1. The third-order valence-electron chi connectivity index (χ3n) is 5.53. The monoisotopic (exact) mass is 302 g/mol. The average Bonchev–Trinajstić information content (AvgIpc) is 2.74. The molecular formula is C18H24NO3+. The van der Waals surface area contributed by atoms with Gasteiger partial charge < -0.3 is 19.1 Å². The van der Waals surface area contributed by atoms with Crippen molar-refractivity contribution in [2.75, 3.05) is 27.7 Å². The van der Waals surface area contributed by atoms with Gasteiger partial charge in [-0.1, -0.05) is 12.2 Å². The van der Waals surface area contributed by atoms with Crippen LogP contribution in [0.15, 0.2) is 24.3 Å². The van der Waals surface area contributed by atoms with Gasteiger partial charge in [0.25, 0.3) is 0 Å². The molecular weight excluding hydrogens is 278 g/mol. The molecule has 0 radical (unpaired) electrons. The lowest BCUT2D eigenvalue weighted by Crippen LogP contribution is -2.45. The molecule has 3 atom stereocenters. The summed E-state index contributed by atoms with van der Waals surface area (Å²) < 4.78 is 12.8. The van der Waals surface area contributed by atoms with Crippen LogP contribution >= 0.6 is 0 Å². The molecule has 1 aromatic rings. The van der Waals surface area contributed by atoms with Gasteiger partial charge in [0, 0.05) is 24.0 Å². The summed E-state index contributed by atoms with van der Waals surface area (Å²) in [6, 6.07) is 4.21. The van der Waals surface area contributed by atoms with Crippen molar-refractivity contribution in [1.29, 1.82) is 0 Å². The van der Waals surface area contributed by atoms with Gasteiger partial charge >= 0.3 is 0 Å². The third-order valence-corrected chi connectivity index (χ3v) is 5.53. The van der Waals surface area contributed by atoms with Crippen LogP contribution in [-0.2, 0) is 12.0 Å². The van der Waals surface area contributed by atoms with E-state index in [1.54, 1.807) is 7.11 Å². The molecule has 0 fully saturated rings. The second-order valence-corrected chi connectivity index (χ2v) is 7.51. The average molecular weight is 302 g/mol. The van der Waals surface area contributed by atoms with Gasteiger partial charge in [0.05, 0.1) is 39.3 Å².